The Morgan fingerprint density at radius 1 is 1.27 bits per heavy atom. The van der Waals surface area contributed by atoms with Gasteiger partial charge in [0.2, 0.25) is 5.91 Å². The predicted molar refractivity (Wildman–Crippen MR) is 87.3 cm³/mol. The Balaban J connectivity index is 1.92. The molecule has 1 aromatic carbocycles. The number of amides is 1. The molecule has 116 valence electrons. The van der Waals surface area contributed by atoms with Crippen molar-refractivity contribution in [2.75, 3.05) is 18.9 Å². The molecule has 22 heavy (non-hydrogen) atoms. The fraction of sp³-hybridized carbons (Fsp3) is 0.412. The molecule has 0 radical (unpaired) electrons. The van der Waals surface area contributed by atoms with Crippen LogP contribution in [0.15, 0.2) is 36.4 Å². The Bertz CT molecular complexity index is 629. The number of rotatable bonds is 5. The maximum absolute atomic E-state index is 11.9. The monoisotopic (exact) mass is 298 g/mol. The lowest BCUT2D eigenvalue weighted by Crippen LogP contribution is -2.26. The van der Waals surface area contributed by atoms with Crippen molar-refractivity contribution in [2.45, 2.75) is 31.6 Å². The number of likely N-dealkylation sites (N-methyl/N-ethyl adjacent to an activating group) is 1. The van der Waals surface area contributed by atoms with Crippen LogP contribution in [0.5, 0.6) is 0 Å². The first-order valence-electron chi connectivity index (χ1n) is 7.88. The first kappa shape index (κ1) is 14.8. The van der Waals surface area contributed by atoms with Crippen LogP contribution in [0, 0.1) is 0 Å². The fourth-order valence-corrected chi connectivity index (χ4v) is 3.02. The zero-order valence-corrected chi connectivity index (χ0v) is 12.9. The second kappa shape index (κ2) is 6.75. The molecule has 5 nitrogen and oxygen atoms in total. The van der Waals surface area contributed by atoms with Crippen LogP contribution < -0.4 is 10.6 Å². The zero-order valence-electron chi connectivity index (χ0n) is 12.9. The van der Waals surface area contributed by atoms with E-state index in [1.54, 1.807) is 7.05 Å². The third kappa shape index (κ3) is 3.20. The Hall–Kier alpha value is -2.14. The standard InChI is InChI=1S/C17H22N4O/c1-18-12-17(22)19-16-11-15(13-7-5-6-8-13)20-21(16)14-9-3-2-4-10-14/h2-4,9-11,13,18H,5-8,12H2,1H3,(H,19,22). The molecular formula is C17H22N4O. The van der Waals surface area contributed by atoms with Crippen molar-refractivity contribution in [3.63, 3.8) is 0 Å². The number of hydrogen-bond acceptors (Lipinski definition) is 3. The molecule has 0 saturated heterocycles. The van der Waals surface area contributed by atoms with Crippen LogP contribution in [-0.4, -0.2) is 29.3 Å². The van der Waals surface area contributed by atoms with Crippen LogP contribution in [0.1, 0.15) is 37.3 Å². The molecule has 3 rings (SSSR count). The Morgan fingerprint density at radius 2 is 2.00 bits per heavy atom. The van der Waals surface area contributed by atoms with Crippen molar-refractivity contribution in [1.29, 1.82) is 0 Å². The highest BCUT2D eigenvalue weighted by Crippen LogP contribution is 2.35. The highest BCUT2D eigenvalue weighted by Gasteiger charge is 2.22. The van der Waals surface area contributed by atoms with Crippen molar-refractivity contribution in [3.8, 4) is 5.69 Å². The highest BCUT2D eigenvalue weighted by molar-refractivity contribution is 5.91. The smallest absolute Gasteiger partial charge is 0.239 e. The minimum absolute atomic E-state index is 0.0578. The highest BCUT2D eigenvalue weighted by atomic mass is 16.2. The number of carbonyl (C=O) groups is 1. The van der Waals surface area contributed by atoms with Gasteiger partial charge in [-0.1, -0.05) is 31.0 Å². The summed E-state index contributed by atoms with van der Waals surface area (Å²) < 4.78 is 1.83. The largest absolute Gasteiger partial charge is 0.311 e. The molecule has 0 spiro atoms. The van der Waals surface area contributed by atoms with E-state index in [2.05, 4.69) is 10.6 Å². The number of hydrogen-bond donors (Lipinski definition) is 2. The topological polar surface area (TPSA) is 59.0 Å². The maximum Gasteiger partial charge on any atom is 0.239 e. The number of nitrogens with one attached hydrogen (secondary N) is 2. The van der Waals surface area contributed by atoms with Crippen molar-refractivity contribution < 1.29 is 4.79 Å². The Kier molecular flexibility index (Phi) is 4.53. The second-order valence-electron chi connectivity index (χ2n) is 5.76. The van der Waals surface area contributed by atoms with Gasteiger partial charge in [0.05, 0.1) is 17.9 Å². The van der Waals surface area contributed by atoms with Crippen LogP contribution in [0.3, 0.4) is 0 Å². The second-order valence-corrected chi connectivity index (χ2v) is 5.76. The normalized spacial score (nSPS) is 15.1. The molecule has 5 heteroatoms. The Labute approximate surface area is 130 Å². The zero-order chi connectivity index (χ0) is 15.4. The van der Waals surface area contributed by atoms with Gasteiger partial charge in [-0.2, -0.15) is 5.10 Å². The fourth-order valence-electron chi connectivity index (χ4n) is 3.02. The quantitative estimate of drug-likeness (QED) is 0.892. The van der Waals surface area contributed by atoms with Gasteiger partial charge in [-0.15, -0.1) is 0 Å². The van der Waals surface area contributed by atoms with E-state index >= 15 is 0 Å². The molecule has 1 aliphatic carbocycles. The summed E-state index contributed by atoms with van der Waals surface area (Å²) in [4.78, 5) is 11.9. The lowest BCUT2D eigenvalue weighted by atomic mass is 10.0. The number of nitrogens with zero attached hydrogens (tertiary/aromatic N) is 2. The van der Waals surface area contributed by atoms with E-state index in [9.17, 15) is 4.79 Å². The average molecular weight is 298 g/mol. The van der Waals surface area contributed by atoms with Crippen LogP contribution in [0.2, 0.25) is 0 Å². The van der Waals surface area contributed by atoms with Crippen LogP contribution in [0.4, 0.5) is 5.82 Å². The molecule has 1 fully saturated rings. The molecule has 1 aliphatic rings. The lowest BCUT2D eigenvalue weighted by Gasteiger charge is -2.08. The summed E-state index contributed by atoms with van der Waals surface area (Å²) in [6.45, 7) is 0.290. The molecule has 2 N–H and O–H groups in total. The van der Waals surface area contributed by atoms with Crippen molar-refractivity contribution in [3.05, 3.63) is 42.1 Å². The number of anilines is 1. The number of carbonyl (C=O) groups excluding carboxylic acids is 1. The molecule has 2 aromatic rings. The number of benzene rings is 1. The molecule has 1 saturated carbocycles. The van der Waals surface area contributed by atoms with E-state index < -0.39 is 0 Å². The predicted octanol–water partition coefficient (Wildman–Crippen LogP) is 2.69. The van der Waals surface area contributed by atoms with Crippen LogP contribution >= 0.6 is 0 Å². The lowest BCUT2D eigenvalue weighted by molar-refractivity contribution is -0.115. The van der Waals surface area contributed by atoms with Gasteiger partial charge in [0.25, 0.3) is 0 Å². The summed E-state index contributed by atoms with van der Waals surface area (Å²) in [5.41, 5.74) is 2.05. The van der Waals surface area contributed by atoms with E-state index in [0.29, 0.717) is 12.5 Å². The van der Waals surface area contributed by atoms with Gasteiger partial charge in [-0.05, 0) is 32.0 Å². The van der Waals surface area contributed by atoms with Gasteiger partial charge in [0, 0.05) is 12.0 Å². The van der Waals surface area contributed by atoms with Crippen molar-refractivity contribution >= 4 is 11.7 Å². The summed E-state index contributed by atoms with van der Waals surface area (Å²) in [5, 5.41) is 10.6. The van der Waals surface area contributed by atoms with Crippen LogP contribution in [0.25, 0.3) is 5.69 Å². The SMILES string of the molecule is CNCC(=O)Nc1cc(C2CCCC2)nn1-c1ccccc1. The van der Waals surface area contributed by atoms with Gasteiger partial charge in [-0.25, -0.2) is 4.68 Å². The van der Waals surface area contributed by atoms with E-state index in [4.69, 9.17) is 5.10 Å². The first-order valence-corrected chi connectivity index (χ1v) is 7.88. The molecule has 0 atom stereocenters. The summed E-state index contributed by atoms with van der Waals surface area (Å²) >= 11 is 0. The van der Waals surface area contributed by atoms with E-state index in [-0.39, 0.29) is 5.91 Å². The van der Waals surface area contributed by atoms with Crippen LogP contribution in [-0.2, 0) is 4.79 Å². The molecule has 1 heterocycles. The van der Waals surface area contributed by atoms with Gasteiger partial charge < -0.3 is 10.6 Å². The summed E-state index contributed by atoms with van der Waals surface area (Å²) in [6.07, 6.45) is 4.92. The minimum atomic E-state index is -0.0578. The molecule has 1 amide bonds. The van der Waals surface area contributed by atoms with E-state index in [1.807, 2.05) is 41.1 Å². The summed E-state index contributed by atoms with van der Waals surface area (Å²) in [6, 6.07) is 12.0. The summed E-state index contributed by atoms with van der Waals surface area (Å²) in [7, 11) is 1.76. The Morgan fingerprint density at radius 3 is 2.68 bits per heavy atom. The van der Waals surface area contributed by atoms with E-state index in [1.165, 1.54) is 25.7 Å². The molecule has 1 aromatic heterocycles. The number of para-hydroxylation sites is 1. The molecular weight excluding hydrogens is 276 g/mol. The first-order chi connectivity index (χ1) is 10.8. The van der Waals surface area contributed by atoms with E-state index in [0.717, 1.165) is 17.2 Å². The van der Waals surface area contributed by atoms with Crippen molar-refractivity contribution in [1.82, 2.24) is 15.1 Å². The number of aromatic nitrogens is 2. The third-order valence-corrected chi connectivity index (χ3v) is 4.11. The molecule has 0 aliphatic heterocycles. The van der Waals surface area contributed by atoms with Gasteiger partial charge in [0.1, 0.15) is 5.82 Å². The third-order valence-electron chi connectivity index (χ3n) is 4.11. The maximum atomic E-state index is 11.9. The average Bonchev–Trinajstić information content (AvgIpc) is 3.17. The van der Waals surface area contributed by atoms with Gasteiger partial charge in [0.15, 0.2) is 0 Å². The van der Waals surface area contributed by atoms with Gasteiger partial charge >= 0.3 is 0 Å². The molecule has 0 bridgehead atoms. The van der Waals surface area contributed by atoms with Crippen molar-refractivity contribution in [2.24, 2.45) is 0 Å². The molecule has 0 unspecified atom stereocenters. The van der Waals surface area contributed by atoms with Gasteiger partial charge in [-0.3, -0.25) is 4.79 Å². The summed E-state index contributed by atoms with van der Waals surface area (Å²) in [5.74, 6) is 1.20. The minimum Gasteiger partial charge on any atom is -0.311 e.